The molecule has 0 radical (unpaired) electrons. The van der Waals surface area contributed by atoms with Crippen molar-refractivity contribution in [1.82, 2.24) is 20.1 Å². The smallest absolute Gasteiger partial charge is 0.336 e. The highest BCUT2D eigenvalue weighted by molar-refractivity contribution is 5.29. The van der Waals surface area contributed by atoms with Gasteiger partial charge in [0.15, 0.2) is 0 Å². The molecule has 0 spiro atoms. The van der Waals surface area contributed by atoms with E-state index in [1.165, 1.54) is 0 Å². The van der Waals surface area contributed by atoms with E-state index in [2.05, 4.69) is 42.7 Å². The van der Waals surface area contributed by atoms with Gasteiger partial charge in [-0.3, -0.25) is 0 Å². The Labute approximate surface area is 125 Å². The summed E-state index contributed by atoms with van der Waals surface area (Å²) in [6, 6.07) is 10.2. The Hall–Kier alpha value is -2.14. The van der Waals surface area contributed by atoms with Gasteiger partial charge in [0, 0.05) is 12.1 Å². The van der Waals surface area contributed by atoms with Crippen LogP contribution in [0.25, 0.3) is 5.69 Å². The first-order valence-electron chi connectivity index (χ1n) is 6.95. The van der Waals surface area contributed by atoms with Crippen molar-refractivity contribution in [2.75, 3.05) is 13.2 Å². The molecule has 5 heteroatoms. The zero-order valence-corrected chi connectivity index (χ0v) is 12.8. The first-order chi connectivity index (χ1) is 9.94. The molecule has 0 aliphatic carbocycles. The Morgan fingerprint density at radius 2 is 2.00 bits per heavy atom. The maximum Gasteiger partial charge on any atom is 0.336 e. The molecule has 1 heterocycles. The average Bonchev–Trinajstić information content (AvgIpc) is 2.92. The fourth-order valence-corrected chi connectivity index (χ4v) is 1.63. The van der Waals surface area contributed by atoms with Crippen LogP contribution in [0.15, 0.2) is 48.8 Å². The molecule has 0 bridgehead atoms. The molecular formula is C16H22N4O. The lowest BCUT2D eigenvalue weighted by atomic mass is 10.1. The van der Waals surface area contributed by atoms with Crippen LogP contribution in [0, 0.1) is 0 Å². The van der Waals surface area contributed by atoms with E-state index in [1.807, 2.05) is 30.3 Å². The first kappa shape index (κ1) is 15.3. The Balaban J connectivity index is 1.85. The van der Waals surface area contributed by atoms with E-state index in [1.54, 1.807) is 11.0 Å². The monoisotopic (exact) mass is 286 g/mol. The van der Waals surface area contributed by atoms with Crippen molar-refractivity contribution in [1.29, 1.82) is 0 Å². The van der Waals surface area contributed by atoms with Crippen LogP contribution in [0.2, 0.25) is 0 Å². The highest BCUT2D eigenvalue weighted by atomic mass is 16.5. The quantitative estimate of drug-likeness (QED) is 0.829. The predicted molar refractivity (Wildman–Crippen MR) is 83.7 cm³/mol. The maximum absolute atomic E-state index is 5.55. The number of benzene rings is 1. The number of nitrogens with zero attached hydrogens (tertiary/aromatic N) is 3. The van der Waals surface area contributed by atoms with Gasteiger partial charge in [-0.2, -0.15) is 4.98 Å². The van der Waals surface area contributed by atoms with Crippen LogP contribution in [0.5, 0.6) is 6.01 Å². The molecule has 0 atom stereocenters. The molecule has 0 aliphatic heterocycles. The van der Waals surface area contributed by atoms with Crippen molar-refractivity contribution < 1.29 is 4.74 Å². The van der Waals surface area contributed by atoms with Gasteiger partial charge in [0.05, 0.1) is 5.69 Å². The minimum atomic E-state index is 0.0656. The summed E-state index contributed by atoms with van der Waals surface area (Å²) in [5.41, 5.74) is 1.98. The lowest BCUT2D eigenvalue weighted by Gasteiger charge is -2.21. The zero-order chi connectivity index (χ0) is 15.3. The summed E-state index contributed by atoms with van der Waals surface area (Å²) < 4.78 is 7.24. The number of ether oxygens (including phenoxy) is 1. The van der Waals surface area contributed by atoms with Crippen molar-refractivity contribution >= 4 is 0 Å². The summed E-state index contributed by atoms with van der Waals surface area (Å²) in [5.74, 6) is 0. The van der Waals surface area contributed by atoms with E-state index in [9.17, 15) is 0 Å². The van der Waals surface area contributed by atoms with Crippen LogP contribution in [0.3, 0.4) is 0 Å². The summed E-state index contributed by atoms with van der Waals surface area (Å²) in [5, 5.41) is 7.65. The van der Waals surface area contributed by atoms with Gasteiger partial charge in [0.1, 0.15) is 12.9 Å². The number of aromatic nitrogens is 3. The molecule has 1 aromatic heterocycles. The fourth-order valence-electron chi connectivity index (χ4n) is 1.63. The highest BCUT2D eigenvalue weighted by Gasteiger charge is 2.09. The highest BCUT2D eigenvalue weighted by Crippen LogP contribution is 2.09. The van der Waals surface area contributed by atoms with Gasteiger partial charge in [0.2, 0.25) is 0 Å². The molecule has 5 nitrogen and oxygen atoms in total. The largest absolute Gasteiger partial charge is 0.458 e. The van der Waals surface area contributed by atoms with E-state index in [0.29, 0.717) is 19.2 Å². The molecule has 2 rings (SSSR count). The van der Waals surface area contributed by atoms with Crippen LogP contribution in [0.4, 0.5) is 0 Å². The molecule has 2 aromatic rings. The van der Waals surface area contributed by atoms with Crippen LogP contribution >= 0.6 is 0 Å². The van der Waals surface area contributed by atoms with Gasteiger partial charge in [0.25, 0.3) is 0 Å². The minimum Gasteiger partial charge on any atom is -0.458 e. The Kier molecular flexibility index (Phi) is 4.75. The molecule has 0 unspecified atom stereocenters. The molecule has 0 saturated heterocycles. The molecule has 1 N–H and O–H groups in total. The number of para-hydroxylation sites is 1. The van der Waals surface area contributed by atoms with Crippen molar-refractivity contribution in [3.63, 3.8) is 0 Å². The third-order valence-electron chi connectivity index (χ3n) is 2.77. The summed E-state index contributed by atoms with van der Waals surface area (Å²) in [6.45, 7) is 11.4. The van der Waals surface area contributed by atoms with Crippen LogP contribution in [0.1, 0.15) is 20.8 Å². The minimum absolute atomic E-state index is 0.0656. The molecule has 0 aliphatic rings. The van der Waals surface area contributed by atoms with Gasteiger partial charge in [-0.05, 0) is 38.5 Å². The number of hydrogen-bond acceptors (Lipinski definition) is 4. The standard InChI is InChI=1S/C16H22N4O/c1-13(10-18-16(2,3)4)11-21-15-17-12-20(19-15)14-8-6-5-7-9-14/h5-9,12,18H,1,10-11H2,2-4H3. The Bertz CT molecular complexity index is 584. The molecule has 0 saturated carbocycles. The second-order valence-corrected chi connectivity index (χ2v) is 5.95. The van der Waals surface area contributed by atoms with Gasteiger partial charge in [-0.25, -0.2) is 4.68 Å². The fraction of sp³-hybridized carbons (Fsp3) is 0.375. The van der Waals surface area contributed by atoms with Gasteiger partial charge >= 0.3 is 6.01 Å². The van der Waals surface area contributed by atoms with E-state index in [4.69, 9.17) is 4.74 Å². The molecule has 0 amide bonds. The van der Waals surface area contributed by atoms with E-state index >= 15 is 0 Å². The van der Waals surface area contributed by atoms with E-state index < -0.39 is 0 Å². The number of nitrogens with one attached hydrogen (secondary N) is 1. The van der Waals surface area contributed by atoms with Crippen molar-refractivity contribution in [3.05, 3.63) is 48.8 Å². The summed E-state index contributed by atoms with van der Waals surface area (Å²) >= 11 is 0. The van der Waals surface area contributed by atoms with E-state index in [-0.39, 0.29) is 5.54 Å². The summed E-state index contributed by atoms with van der Waals surface area (Å²) in [4.78, 5) is 4.14. The predicted octanol–water partition coefficient (Wildman–Crippen LogP) is 2.59. The third kappa shape index (κ3) is 5.04. The summed E-state index contributed by atoms with van der Waals surface area (Å²) in [6.07, 6.45) is 1.64. The van der Waals surface area contributed by atoms with Crippen LogP contribution in [-0.4, -0.2) is 33.5 Å². The lowest BCUT2D eigenvalue weighted by Crippen LogP contribution is -2.37. The first-order valence-corrected chi connectivity index (χ1v) is 6.95. The van der Waals surface area contributed by atoms with Gasteiger partial charge < -0.3 is 10.1 Å². The molecule has 112 valence electrons. The SMILES string of the molecule is C=C(CNC(C)(C)C)COc1ncn(-c2ccccc2)n1. The second kappa shape index (κ2) is 6.54. The topological polar surface area (TPSA) is 52.0 Å². The third-order valence-corrected chi connectivity index (χ3v) is 2.77. The number of rotatable bonds is 6. The second-order valence-electron chi connectivity index (χ2n) is 5.95. The van der Waals surface area contributed by atoms with Crippen LogP contribution in [-0.2, 0) is 0 Å². The maximum atomic E-state index is 5.55. The molecule has 21 heavy (non-hydrogen) atoms. The molecule has 1 aromatic carbocycles. The van der Waals surface area contributed by atoms with E-state index in [0.717, 1.165) is 11.3 Å². The molecule has 0 fully saturated rings. The number of hydrogen-bond donors (Lipinski definition) is 1. The summed E-state index contributed by atoms with van der Waals surface area (Å²) in [7, 11) is 0. The molecular weight excluding hydrogens is 264 g/mol. The lowest BCUT2D eigenvalue weighted by molar-refractivity contribution is 0.316. The zero-order valence-electron chi connectivity index (χ0n) is 12.8. The van der Waals surface area contributed by atoms with Crippen molar-refractivity contribution in [2.24, 2.45) is 0 Å². The van der Waals surface area contributed by atoms with Gasteiger partial charge in [-0.1, -0.05) is 24.8 Å². The Morgan fingerprint density at radius 3 is 2.67 bits per heavy atom. The van der Waals surface area contributed by atoms with Crippen molar-refractivity contribution in [3.8, 4) is 11.7 Å². The van der Waals surface area contributed by atoms with Gasteiger partial charge in [-0.15, -0.1) is 5.10 Å². The van der Waals surface area contributed by atoms with Crippen molar-refractivity contribution in [2.45, 2.75) is 26.3 Å². The normalized spacial score (nSPS) is 11.4. The average molecular weight is 286 g/mol. The van der Waals surface area contributed by atoms with Crippen LogP contribution < -0.4 is 10.1 Å². The Morgan fingerprint density at radius 1 is 1.29 bits per heavy atom.